The molecular weight excluding hydrogens is 355 g/mol. The molecule has 0 aliphatic carbocycles. The molecular formula is C23H25FN2S. The van der Waals surface area contributed by atoms with Gasteiger partial charge in [-0.05, 0) is 48.1 Å². The van der Waals surface area contributed by atoms with Gasteiger partial charge in [0.1, 0.15) is 5.82 Å². The van der Waals surface area contributed by atoms with Crippen molar-refractivity contribution in [1.29, 1.82) is 0 Å². The van der Waals surface area contributed by atoms with Gasteiger partial charge >= 0.3 is 0 Å². The maximum atomic E-state index is 13.3. The summed E-state index contributed by atoms with van der Waals surface area (Å²) in [5.74, 6) is -0.173. The van der Waals surface area contributed by atoms with Crippen molar-refractivity contribution in [3.8, 4) is 0 Å². The van der Waals surface area contributed by atoms with Crippen molar-refractivity contribution in [2.24, 2.45) is 0 Å². The first-order valence-corrected chi connectivity index (χ1v) is 10.4. The Morgan fingerprint density at radius 2 is 1.48 bits per heavy atom. The van der Waals surface area contributed by atoms with Gasteiger partial charge in [-0.2, -0.15) is 0 Å². The molecule has 0 bridgehead atoms. The third kappa shape index (κ3) is 4.46. The van der Waals surface area contributed by atoms with Crippen LogP contribution in [0.15, 0.2) is 66.0 Å². The van der Waals surface area contributed by atoms with Crippen LogP contribution in [-0.4, -0.2) is 22.9 Å². The second-order valence-corrected chi connectivity index (χ2v) is 8.27. The summed E-state index contributed by atoms with van der Waals surface area (Å²) in [7, 11) is 0. The molecule has 27 heavy (non-hydrogen) atoms. The molecule has 1 atom stereocenters. The summed E-state index contributed by atoms with van der Waals surface area (Å²) >= 11 is 1.82. The van der Waals surface area contributed by atoms with Crippen molar-refractivity contribution >= 4 is 11.3 Å². The average Bonchev–Trinajstić information content (AvgIpc) is 3.20. The van der Waals surface area contributed by atoms with Gasteiger partial charge in [0.15, 0.2) is 0 Å². The van der Waals surface area contributed by atoms with E-state index in [1.807, 2.05) is 23.5 Å². The van der Waals surface area contributed by atoms with Crippen molar-refractivity contribution in [3.05, 3.63) is 93.4 Å². The summed E-state index contributed by atoms with van der Waals surface area (Å²) in [6.07, 6.45) is 1.42. The Morgan fingerprint density at radius 3 is 2.04 bits per heavy atom. The molecule has 0 spiro atoms. The molecule has 4 heteroatoms. The van der Waals surface area contributed by atoms with E-state index in [4.69, 9.17) is 0 Å². The molecule has 0 saturated carbocycles. The molecule has 0 radical (unpaired) electrons. The van der Waals surface area contributed by atoms with Gasteiger partial charge in [-0.3, -0.25) is 9.80 Å². The Bertz CT molecular complexity index is 788. The van der Waals surface area contributed by atoms with E-state index in [2.05, 4.69) is 58.5 Å². The van der Waals surface area contributed by atoms with Crippen LogP contribution in [0, 0.1) is 12.7 Å². The van der Waals surface area contributed by atoms with E-state index in [-0.39, 0.29) is 12.0 Å². The zero-order valence-electron chi connectivity index (χ0n) is 15.6. The van der Waals surface area contributed by atoms with Crippen LogP contribution in [0.25, 0.3) is 0 Å². The maximum Gasteiger partial charge on any atom is 0.123 e. The van der Waals surface area contributed by atoms with Gasteiger partial charge in [-0.25, -0.2) is 4.39 Å². The third-order valence-corrected chi connectivity index (χ3v) is 6.10. The molecule has 1 aromatic heterocycles. The van der Waals surface area contributed by atoms with Gasteiger partial charge in [-0.15, -0.1) is 11.3 Å². The van der Waals surface area contributed by atoms with Crippen LogP contribution in [0.5, 0.6) is 0 Å². The lowest BCUT2D eigenvalue weighted by Gasteiger charge is -2.43. The van der Waals surface area contributed by atoms with E-state index in [9.17, 15) is 4.39 Å². The number of nitrogens with zero attached hydrogens (tertiary/aromatic N) is 2. The van der Waals surface area contributed by atoms with Crippen LogP contribution < -0.4 is 0 Å². The monoisotopic (exact) mass is 380 g/mol. The highest BCUT2D eigenvalue weighted by Gasteiger charge is 2.31. The third-order valence-electron chi connectivity index (χ3n) is 5.19. The molecule has 140 valence electrons. The largest absolute Gasteiger partial charge is 0.279 e. The first-order valence-electron chi connectivity index (χ1n) is 9.50. The Kier molecular flexibility index (Phi) is 5.67. The Labute approximate surface area is 164 Å². The summed E-state index contributed by atoms with van der Waals surface area (Å²) in [4.78, 5) is 6.48. The Balaban J connectivity index is 1.58. The summed E-state index contributed by atoms with van der Waals surface area (Å²) in [6, 6.07) is 20.1. The van der Waals surface area contributed by atoms with Crippen molar-refractivity contribution < 1.29 is 4.39 Å². The van der Waals surface area contributed by atoms with Crippen LogP contribution in [0.4, 0.5) is 4.39 Å². The molecule has 1 saturated heterocycles. The summed E-state index contributed by atoms with van der Waals surface area (Å²) < 4.78 is 13.3. The zero-order valence-corrected chi connectivity index (χ0v) is 16.5. The SMILES string of the molecule is Cc1ccc(CN2CCCN(Cc3ccc(F)cc3)[C@@H]2c2cccs2)cc1. The maximum absolute atomic E-state index is 13.3. The molecule has 0 N–H and O–H groups in total. The van der Waals surface area contributed by atoms with Crippen LogP contribution in [-0.2, 0) is 13.1 Å². The fourth-order valence-electron chi connectivity index (χ4n) is 3.83. The number of aryl methyl sites for hydroxylation is 1. The van der Waals surface area contributed by atoms with E-state index in [0.717, 1.165) is 38.2 Å². The van der Waals surface area contributed by atoms with Crippen molar-refractivity contribution in [2.45, 2.75) is 32.6 Å². The molecule has 1 aliphatic rings. The predicted octanol–water partition coefficient (Wildman–Crippen LogP) is 5.60. The minimum absolute atomic E-state index is 0.173. The van der Waals surface area contributed by atoms with Gasteiger partial charge in [0.25, 0.3) is 0 Å². The minimum Gasteiger partial charge on any atom is -0.279 e. The lowest BCUT2D eigenvalue weighted by Crippen LogP contribution is -2.46. The topological polar surface area (TPSA) is 6.48 Å². The van der Waals surface area contributed by atoms with Gasteiger partial charge in [0.05, 0.1) is 6.17 Å². The molecule has 2 aromatic carbocycles. The van der Waals surface area contributed by atoms with Crippen LogP contribution in [0.3, 0.4) is 0 Å². The second-order valence-electron chi connectivity index (χ2n) is 7.30. The lowest BCUT2D eigenvalue weighted by atomic mass is 10.1. The standard InChI is InChI=1S/C23H25FN2S/c1-18-5-7-19(8-6-18)16-25-13-3-14-26(23(25)22-4-2-15-27-22)17-20-9-11-21(24)12-10-20/h2,4-12,15,23H,3,13-14,16-17H2,1H3/t23-/m1/s1. The molecule has 1 aliphatic heterocycles. The lowest BCUT2D eigenvalue weighted by molar-refractivity contribution is -0.00688. The van der Waals surface area contributed by atoms with E-state index < -0.39 is 0 Å². The van der Waals surface area contributed by atoms with E-state index in [1.54, 1.807) is 12.1 Å². The predicted molar refractivity (Wildman–Crippen MR) is 110 cm³/mol. The zero-order chi connectivity index (χ0) is 18.6. The van der Waals surface area contributed by atoms with Crippen molar-refractivity contribution in [1.82, 2.24) is 9.80 Å². The first-order chi connectivity index (χ1) is 13.2. The quantitative estimate of drug-likeness (QED) is 0.568. The highest BCUT2D eigenvalue weighted by atomic mass is 32.1. The molecule has 0 unspecified atom stereocenters. The van der Waals surface area contributed by atoms with Gasteiger partial charge in [-0.1, -0.05) is 48.0 Å². The van der Waals surface area contributed by atoms with E-state index in [1.165, 1.54) is 16.0 Å². The van der Waals surface area contributed by atoms with Crippen LogP contribution >= 0.6 is 11.3 Å². The number of hydrogen-bond donors (Lipinski definition) is 0. The average molecular weight is 381 g/mol. The molecule has 1 fully saturated rings. The van der Waals surface area contributed by atoms with E-state index in [0.29, 0.717) is 0 Å². The fraction of sp³-hybridized carbons (Fsp3) is 0.304. The van der Waals surface area contributed by atoms with E-state index >= 15 is 0 Å². The number of thiophene rings is 1. The number of halogens is 1. The summed E-state index contributed by atoms with van der Waals surface area (Å²) in [5.41, 5.74) is 3.81. The van der Waals surface area contributed by atoms with Gasteiger partial charge < -0.3 is 0 Å². The normalized spacial score (nSPS) is 18.7. The highest BCUT2D eigenvalue weighted by molar-refractivity contribution is 7.10. The number of hydrogen-bond acceptors (Lipinski definition) is 3. The van der Waals surface area contributed by atoms with Crippen LogP contribution in [0.1, 0.15) is 34.2 Å². The van der Waals surface area contributed by atoms with Crippen molar-refractivity contribution in [3.63, 3.8) is 0 Å². The fourth-order valence-corrected chi connectivity index (χ4v) is 4.73. The molecule has 0 amide bonds. The summed E-state index contributed by atoms with van der Waals surface area (Å²) in [5, 5.41) is 2.16. The Morgan fingerprint density at radius 1 is 0.889 bits per heavy atom. The van der Waals surface area contributed by atoms with Crippen LogP contribution in [0.2, 0.25) is 0 Å². The Hall–Kier alpha value is -2.01. The molecule has 2 heterocycles. The van der Waals surface area contributed by atoms with Crippen molar-refractivity contribution in [2.75, 3.05) is 13.1 Å². The number of rotatable bonds is 5. The molecule has 4 rings (SSSR count). The number of benzene rings is 2. The smallest absolute Gasteiger partial charge is 0.123 e. The van der Waals surface area contributed by atoms with Gasteiger partial charge in [0, 0.05) is 31.1 Å². The van der Waals surface area contributed by atoms with Gasteiger partial charge in [0.2, 0.25) is 0 Å². The molecule has 3 aromatic rings. The minimum atomic E-state index is -0.173. The summed E-state index contributed by atoms with van der Waals surface area (Å²) in [6.45, 7) is 6.07. The first kappa shape index (κ1) is 18.4. The highest BCUT2D eigenvalue weighted by Crippen LogP contribution is 2.34. The molecule has 2 nitrogen and oxygen atoms in total. The second kappa shape index (κ2) is 8.34.